The number of nitrogens with zero attached hydrogens (tertiary/aromatic N) is 2. The van der Waals surface area contributed by atoms with Gasteiger partial charge in [-0.15, -0.1) is 0 Å². The van der Waals surface area contributed by atoms with E-state index in [1.807, 2.05) is 31.2 Å². The van der Waals surface area contributed by atoms with Gasteiger partial charge in [0.15, 0.2) is 0 Å². The van der Waals surface area contributed by atoms with Gasteiger partial charge >= 0.3 is 0 Å². The Balaban J connectivity index is 2.47. The second-order valence-corrected chi connectivity index (χ2v) is 4.28. The minimum atomic E-state index is 0.662. The molecule has 0 saturated carbocycles. The molecule has 0 radical (unpaired) electrons. The summed E-state index contributed by atoms with van der Waals surface area (Å²) in [5.74, 6) is 0.800. The van der Waals surface area contributed by atoms with Crippen LogP contribution in [0.25, 0.3) is 11.3 Å². The molecule has 2 rings (SSSR count). The lowest BCUT2D eigenvalue weighted by molar-refractivity contribution is 0.415. The number of rotatable bonds is 2. The number of aromatic nitrogens is 1. The first-order valence-electron chi connectivity index (χ1n) is 4.77. The van der Waals surface area contributed by atoms with E-state index < -0.39 is 0 Å². The van der Waals surface area contributed by atoms with Crippen LogP contribution in [-0.4, -0.2) is 11.5 Å². The van der Waals surface area contributed by atoms with Crippen LogP contribution in [0.3, 0.4) is 0 Å². The van der Waals surface area contributed by atoms with Crippen LogP contribution in [0.1, 0.15) is 10.4 Å². The van der Waals surface area contributed by atoms with Crippen LogP contribution in [0, 0.1) is 18.3 Å². The Kier molecular flexibility index (Phi) is 2.88. The Morgan fingerprint density at radius 2 is 2.00 bits per heavy atom. The number of hydrogen-bond donors (Lipinski definition) is 0. The van der Waals surface area contributed by atoms with Crippen molar-refractivity contribution in [2.24, 2.45) is 0 Å². The predicted octanol–water partition coefficient (Wildman–Crippen LogP) is 3.00. The number of hydrogen-bond acceptors (Lipinski definition) is 4. The van der Waals surface area contributed by atoms with Crippen molar-refractivity contribution in [2.45, 2.75) is 6.92 Å². The van der Waals surface area contributed by atoms with Gasteiger partial charge in [0.1, 0.15) is 17.5 Å². The molecule has 0 unspecified atom stereocenters. The third kappa shape index (κ3) is 1.77. The fraction of sp³-hybridized carbons (Fsp3) is 0.167. The van der Waals surface area contributed by atoms with E-state index >= 15 is 0 Å². The lowest BCUT2D eigenvalue weighted by Gasteiger charge is -2.01. The molecule has 0 aliphatic heterocycles. The molecular formula is C12H10N2OS. The third-order valence-corrected chi connectivity index (χ3v) is 3.09. The van der Waals surface area contributed by atoms with Gasteiger partial charge in [-0.1, -0.05) is 0 Å². The molecule has 0 saturated heterocycles. The number of nitriles is 1. The zero-order chi connectivity index (χ0) is 11.5. The second kappa shape index (κ2) is 4.33. The lowest BCUT2D eigenvalue weighted by Crippen LogP contribution is -1.85. The van der Waals surface area contributed by atoms with Gasteiger partial charge in [-0.25, -0.2) is 0 Å². The number of benzene rings is 1. The Morgan fingerprint density at radius 1 is 1.31 bits per heavy atom. The van der Waals surface area contributed by atoms with Crippen molar-refractivity contribution >= 4 is 11.5 Å². The van der Waals surface area contributed by atoms with Gasteiger partial charge < -0.3 is 4.74 Å². The molecule has 0 atom stereocenters. The second-order valence-electron chi connectivity index (χ2n) is 3.30. The van der Waals surface area contributed by atoms with E-state index in [0.717, 1.165) is 21.9 Å². The van der Waals surface area contributed by atoms with Crippen molar-refractivity contribution in [2.75, 3.05) is 7.11 Å². The van der Waals surface area contributed by atoms with Gasteiger partial charge in [0, 0.05) is 10.4 Å². The molecule has 0 aliphatic carbocycles. The predicted molar refractivity (Wildman–Crippen MR) is 63.6 cm³/mol. The quantitative estimate of drug-likeness (QED) is 0.796. The minimum absolute atomic E-state index is 0.662. The molecule has 1 aromatic heterocycles. The van der Waals surface area contributed by atoms with E-state index in [1.165, 1.54) is 11.5 Å². The Bertz CT molecular complexity index is 537. The van der Waals surface area contributed by atoms with Gasteiger partial charge in [-0.2, -0.15) is 9.64 Å². The maximum atomic E-state index is 9.04. The number of aryl methyl sites for hydroxylation is 1. The molecule has 80 valence electrons. The molecule has 0 amide bonds. The van der Waals surface area contributed by atoms with Crippen molar-refractivity contribution in [3.8, 4) is 23.1 Å². The summed E-state index contributed by atoms with van der Waals surface area (Å²) in [6.07, 6.45) is 0. The molecule has 0 N–H and O–H groups in total. The molecule has 4 heteroatoms. The Hall–Kier alpha value is -1.86. The minimum Gasteiger partial charge on any atom is -0.497 e. The van der Waals surface area contributed by atoms with Crippen molar-refractivity contribution in [3.05, 3.63) is 34.7 Å². The fourth-order valence-electron chi connectivity index (χ4n) is 1.45. The van der Waals surface area contributed by atoms with Crippen molar-refractivity contribution in [3.63, 3.8) is 0 Å². The van der Waals surface area contributed by atoms with Crippen LogP contribution in [0.5, 0.6) is 5.75 Å². The van der Waals surface area contributed by atoms with E-state index in [2.05, 4.69) is 10.4 Å². The highest BCUT2D eigenvalue weighted by Crippen LogP contribution is 2.28. The standard InChI is InChI=1S/C12H10N2OS/c1-8-11(7-13)12(14-16-8)9-3-5-10(15-2)6-4-9/h3-6H,1-2H3. The summed E-state index contributed by atoms with van der Waals surface area (Å²) in [6.45, 7) is 1.91. The number of methoxy groups -OCH3 is 1. The average molecular weight is 230 g/mol. The van der Waals surface area contributed by atoms with Crippen LogP contribution in [0.15, 0.2) is 24.3 Å². The molecule has 0 aliphatic rings. The zero-order valence-corrected chi connectivity index (χ0v) is 9.84. The van der Waals surface area contributed by atoms with Gasteiger partial charge in [0.25, 0.3) is 0 Å². The maximum Gasteiger partial charge on any atom is 0.118 e. The first-order chi connectivity index (χ1) is 7.76. The molecule has 0 bridgehead atoms. The van der Waals surface area contributed by atoms with Crippen LogP contribution in [0.2, 0.25) is 0 Å². The molecular weight excluding hydrogens is 220 g/mol. The average Bonchev–Trinajstić information content (AvgIpc) is 2.70. The van der Waals surface area contributed by atoms with E-state index in [4.69, 9.17) is 10.00 Å². The van der Waals surface area contributed by atoms with Crippen LogP contribution in [0.4, 0.5) is 0 Å². The Labute approximate surface area is 98.1 Å². The molecule has 1 aromatic carbocycles. The lowest BCUT2D eigenvalue weighted by atomic mass is 10.1. The molecule has 16 heavy (non-hydrogen) atoms. The number of ether oxygens (including phenoxy) is 1. The summed E-state index contributed by atoms with van der Waals surface area (Å²) in [4.78, 5) is 0.952. The first-order valence-corrected chi connectivity index (χ1v) is 5.54. The van der Waals surface area contributed by atoms with E-state index in [9.17, 15) is 0 Å². The summed E-state index contributed by atoms with van der Waals surface area (Å²) in [5.41, 5.74) is 2.37. The first kappa shape index (κ1) is 10.7. The van der Waals surface area contributed by atoms with Crippen LogP contribution in [-0.2, 0) is 0 Å². The third-order valence-electron chi connectivity index (χ3n) is 2.34. The highest BCUT2D eigenvalue weighted by atomic mass is 32.1. The smallest absolute Gasteiger partial charge is 0.118 e. The molecule has 3 nitrogen and oxygen atoms in total. The van der Waals surface area contributed by atoms with Crippen molar-refractivity contribution in [1.29, 1.82) is 5.26 Å². The van der Waals surface area contributed by atoms with E-state index in [-0.39, 0.29) is 0 Å². The monoisotopic (exact) mass is 230 g/mol. The van der Waals surface area contributed by atoms with Gasteiger partial charge in [-0.05, 0) is 42.7 Å². The fourth-order valence-corrected chi connectivity index (χ4v) is 2.11. The normalized spacial score (nSPS) is 9.81. The zero-order valence-electron chi connectivity index (χ0n) is 9.02. The summed E-state index contributed by atoms with van der Waals surface area (Å²) in [7, 11) is 1.63. The van der Waals surface area contributed by atoms with Gasteiger partial charge in [-0.3, -0.25) is 0 Å². The summed E-state index contributed by atoms with van der Waals surface area (Å²) in [6, 6.07) is 9.74. The molecule has 0 fully saturated rings. The van der Waals surface area contributed by atoms with Crippen LogP contribution >= 0.6 is 11.5 Å². The Morgan fingerprint density at radius 3 is 2.56 bits per heavy atom. The summed E-state index contributed by atoms with van der Waals surface area (Å²) in [5, 5.41) is 9.04. The SMILES string of the molecule is COc1ccc(-c2nsc(C)c2C#N)cc1. The summed E-state index contributed by atoms with van der Waals surface area (Å²) < 4.78 is 9.37. The summed E-state index contributed by atoms with van der Waals surface area (Å²) >= 11 is 1.36. The maximum absolute atomic E-state index is 9.04. The largest absolute Gasteiger partial charge is 0.497 e. The molecule has 0 spiro atoms. The topological polar surface area (TPSA) is 45.9 Å². The van der Waals surface area contributed by atoms with Gasteiger partial charge in [0.05, 0.1) is 12.7 Å². The molecule has 1 heterocycles. The van der Waals surface area contributed by atoms with E-state index in [0.29, 0.717) is 5.56 Å². The van der Waals surface area contributed by atoms with E-state index in [1.54, 1.807) is 7.11 Å². The van der Waals surface area contributed by atoms with Crippen molar-refractivity contribution in [1.82, 2.24) is 4.37 Å². The van der Waals surface area contributed by atoms with Crippen LogP contribution < -0.4 is 4.74 Å². The van der Waals surface area contributed by atoms with Gasteiger partial charge in [0.2, 0.25) is 0 Å². The molecule has 2 aromatic rings. The highest BCUT2D eigenvalue weighted by Gasteiger charge is 2.11. The van der Waals surface area contributed by atoms with Crippen molar-refractivity contribution < 1.29 is 4.74 Å². The highest BCUT2D eigenvalue weighted by molar-refractivity contribution is 7.06.